The summed E-state index contributed by atoms with van der Waals surface area (Å²) in [6.45, 7) is 0. The molecule has 0 N–H and O–H groups in total. The highest BCUT2D eigenvalue weighted by Crippen LogP contribution is 2.42. The predicted molar refractivity (Wildman–Crippen MR) is 260 cm³/mol. The number of rotatable bonds is 7. The van der Waals surface area contributed by atoms with Crippen molar-refractivity contribution < 1.29 is 0 Å². The Labute approximate surface area is 362 Å². The fourth-order valence-corrected chi connectivity index (χ4v) is 10.0. The number of benzene rings is 9. The van der Waals surface area contributed by atoms with Crippen LogP contribution in [0.3, 0.4) is 0 Å². The third-order valence-electron chi connectivity index (χ3n) is 11.9. The van der Waals surface area contributed by atoms with Crippen molar-refractivity contribution in [3.05, 3.63) is 218 Å². The van der Waals surface area contributed by atoms with Gasteiger partial charge in [0.25, 0.3) is 0 Å². The van der Waals surface area contributed by atoms with Crippen LogP contribution >= 0.6 is 11.3 Å². The van der Waals surface area contributed by atoms with E-state index in [0.717, 1.165) is 38.5 Å². The third kappa shape index (κ3) is 6.26. The highest BCUT2D eigenvalue weighted by Gasteiger charge is 2.19. The van der Waals surface area contributed by atoms with Crippen LogP contribution in [0.5, 0.6) is 0 Å². The minimum absolute atomic E-state index is 0.579. The molecule has 0 spiro atoms. The smallest absolute Gasteiger partial charge is 0.238 e. The molecule has 12 aromatic rings. The number of fused-ring (bicyclic) bond motifs is 6. The molecule has 290 valence electrons. The first-order valence-electron chi connectivity index (χ1n) is 20.8. The summed E-state index contributed by atoms with van der Waals surface area (Å²) < 4.78 is 4.72. The number of nitrogens with zero attached hydrogens (tertiary/aromatic N) is 4. The van der Waals surface area contributed by atoms with E-state index in [-0.39, 0.29) is 0 Å². The quantitative estimate of drug-likeness (QED) is 0.161. The first kappa shape index (κ1) is 35.9. The predicted octanol–water partition coefficient (Wildman–Crippen LogP) is 15.3. The fraction of sp³-hybridized carbons (Fsp3) is 0. The Bertz CT molecular complexity index is 3610. The van der Waals surface area contributed by atoms with E-state index >= 15 is 0 Å². The molecular weight excluding hydrogens is 773 g/mol. The van der Waals surface area contributed by atoms with Crippen molar-refractivity contribution >= 4 is 53.3 Å². The Morgan fingerprint density at radius 3 is 1.55 bits per heavy atom. The van der Waals surface area contributed by atoms with Gasteiger partial charge in [-0.25, -0.2) is 4.98 Å². The minimum atomic E-state index is 0.579. The van der Waals surface area contributed by atoms with Crippen molar-refractivity contribution in [3.8, 4) is 73.2 Å². The normalized spacial score (nSPS) is 11.5. The zero-order chi connectivity index (χ0) is 41.0. The van der Waals surface area contributed by atoms with Gasteiger partial charge in [0.1, 0.15) is 0 Å². The largest absolute Gasteiger partial charge is 0.278 e. The lowest BCUT2D eigenvalue weighted by atomic mass is 9.98. The van der Waals surface area contributed by atoms with E-state index in [9.17, 15) is 0 Å². The monoisotopic (exact) mass is 808 g/mol. The molecule has 0 aliphatic heterocycles. The second-order valence-electron chi connectivity index (χ2n) is 15.6. The van der Waals surface area contributed by atoms with Gasteiger partial charge in [-0.3, -0.25) is 4.57 Å². The van der Waals surface area contributed by atoms with Crippen LogP contribution in [-0.4, -0.2) is 19.5 Å². The van der Waals surface area contributed by atoms with Gasteiger partial charge < -0.3 is 0 Å². The van der Waals surface area contributed by atoms with Gasteiger partial charge in [0.05, 0.1) is 11.0 Å². The Kier molecular flexibility index (Phi) is 8.65. The molecule has 12 rings (SSSR count). The first-order valence-corrected chi connectivity index (χ1v) is 21.7. The lowest BCUT2D eigenvalue weighted by Gasteiger charge is -2.12. The lowest BCUT2D eigenvalue weighted by Crippen LogP contribution is -2.06. The Hall–Kier alpha value is -7.99. The molecule has 0 saturated carbocycles. The number of thiophene rings is 1. The molecule has 0 unspecified atom stereocenters. The van der Waals surface area contributed by atoms with Crippen LogP contribution in [0.4, 0.5) is 0 Å². The molecule has 5 heteroatoms. The highest BCUT2D eigenvalue weighted by molar-refractivity contribution is 7.26. The SMILES string of the molecule is c1ccc(-c2ccc(-c3ccc4sc5c(-c6cccc(-c7nc(-c8ccccc8)nc(-n8c9ccccc9c9cc(-c%10ccccc%10)ccc98)n7)c6)cccc5c4c3)cc2)cc1. The average molecular weight is 809 g/mol. The topological polar surface area (TPSA) is 43.6 Å². The van der Waals surface area contributed by atoms with E-state index < -0.39 is 0 Å². The second kappa shape index (κ2) is 14.9. The number of hydrogen-bond acceptors (Lipinski definition) is 4. The maximum Gasteiger partial charge on any atom is 0.238 e. The zero-order valence-corrected chi connectivity index (χ0v) is 34.3. The number of para-hydroxylation sites is 1. The van der Waals surface area contributed by atoms with Gasteiger partial charge in [0.15, 0.2) is 11.6 Å². The van der Waals surface area contributed by atoms with Gasteiger partial charge in [-0.2, -0.15) is 9.97 Å². The summed E-state index contributed by atoms with van der Waals surface area (Å²) in [6.07, 6.45) is 0. The molecule has 3 heterocycles. The summed E-state index contributed by atoms with van der Waals surface area (Å²) in [4.78, 5) is 15.6. The number of hydrogen-bond donors (Lipinski definition) is 0. The van der Waals surface area contributed by atoms with Crippen molar-refractivity contribution in [2.75, 3.05) is 0 Å². The van der Waals surface area contributed by atoms with Crippen LogP contribution in [0.25, 0.3) is 115 Å². The molecule has 0 fully saturated rings. The summed E-state index contributed by atoms with van der Waals surface area (Å²) in [6, 6.07) is 77.5. The van der Waals surface area contributed by atoms with Crippen LogP contribution in [0.15, 0.2) is 218 Å². The molecule has 62 heavy (non-hydrogen) atoms. The van der Waals surface area contributed by atoms with Gasteiger partial charge in [0.2, 0.25) is 5.95 Å². The number of aromatic nitrogens is 4. The van der Waals surface area contributed by atoms with Crippen molar-refractivity contribution in [3.63, 3.8) is 0 Å². The Morgan fingerprint density at radius 2 is 0.806 bits per heavy atom. The maximum absolute atomic E-state index is 5.29. The van der Waals surface area contributed by atoms with Crippen molar-refractivity contribution in [2.45, 2.75) is 0 Å². The fourth-order valence-electron chi connectivity index (χ4n) is 8.83. The molecule has 4 nitrogen and oxygen atoms in total. The Morgan fingerprint density at radius 1 is 0.306 bits per heavy atom. The third-order valence-corrected chi connectivity index (χ3v) is 13.1. The summed E-state index contributed by atoms with van der Waals surface area (Å²) in [5, 5.41) is 4.82. The molecular formula is C57H36N4S. The van der Waals surface area contributed by atoms with Crippen molar-refractivity contribution in [2.24, 2.45) is 0 Å². The van der Waals surface area contributed by atoms with E-state index in [1.807, 2.05) is 29.5 Å². The van der Waals surface area contributed by atoms with E-state index in [0.29, 0.717) is 17.6 Å². The van der Waals surface area contributed by atoms with Crippen LogP contribution in [0.1, 0.15) is 0 Å². The summed E-state index contributed by atoms with van der Waals surface area (Å²) >= 11 is 1.85. The van der Waals surface area contributed by atoms with Gasteiger partial charge in [0, 0.05) is 42.1 Å². The molecule has 0 atom stereocenters. The van der Waals surface area contributed by atoms with Crippen LogP contribution in [0.2, 0.25) is 0 Å². The first-order chi connectivity index (χ1) is 30.7. The molecule has 0 aliphatic rings. The van der Waals surface area contributed by atoms with E-state index in [2.05, 4.69) is 205 Å². The zero-order valence-electron chi connectivity index (χ0n) is 33.5. The van der Waals surface area contributed by atoms with Crippen LogP contribution < -0.4 is 0 Å². The van der Waals surface area contributed by atoms with Crippen LogP contribution in [-0.2, 0) is 0 Å². The molecule has 0 bridgehead atoms. The summed E-state index contributed by atoms with van der Waals surface area (Å²) in [5.74, 6) is 1.82. The maximum atomic E-state index is 5.29. The van der Waals surface area contributed by atoms with Gasteiger partial charge in [-0.05, 0) is 80.9 Å². The highest BCUT2D eigenvalue weighted by atomic mass is 32.1. The van der Waals surface area contributed by atoms with E-state index in [4.69, 9.17) is 15.0 Å². The van der Waals surface area contributed by atoms with Crippen LogP contribution in [0, 0.1) is 0 Å². The minimum Gasteiger partial charge on any atom is -0.278 e. The average Bonchev–Trinajstić information content (AvgIpc) is 3.90. The Balaban J connectivity index is 0.968. The van der Waals surface area contributed by atoms with Gasteiger partial charge in [-0.1, -0.05) is 182 Å². The standard InChI is InChI=1S/C57H36N4S/c1-4-14-37(15-5-1)39-26-28-40(29-27-39)43-31-33-53-50(36-43)48-24-13-23-46(54(48)62-53)44-20-12-21-45(34-44)56-58-55(41-18-8-3-9-19-41)59-57(60-56)61-51-25-11-10-22-47(51)49-35-42(30-32-52(49)61)38-16-6-2-7-17-38/h1-36H. The van der Waals surface area contributed by atoms with Gasteiger partial charge in [-0.15, -0.1) is 11.3 Å². The second-order valence-corrected chi connectivity index (χ2v) is 16.7. The summed E-state index contributed by atoms with van der Waals surface area (Å²) in [5.41, 5.74) is 13.5. The molecule has 9 aromatic carbocycles. The lowest BCUT2D eigenvalue weighted by molar-refractivity contribution is 0.953. The molecule has 0 saturated heterocycles. The van der Waals surface area contributed by atoms with E-state index in [1.54, 1.807) is 0 Å². The molecule has 0 aliphatic carbocycles. The van der Waals surface area contributed by atoms with Crippen molar-refractivity contribution in [1.82, 2.24) is 19.5 Å². The molecule has 0 radical (unpaired) electrons. The van der Waals surface area contributed by atoms with E-state index in [1.165, 1.54) is 59.1 Å². The summed E-state index contributed by atoms with van der Waals surface area (Å²) in [7, 11) is 0. The molecule has 3 aromatic heterocycles. The van der Waals surface area contributed by atoms with Gasteiger partial charge >= 0.3 is 0 Å². The molecule has 0 amide bonds. The van der Waals surface area contributed by atoms with Crippen molar-refractivity contribution in [1.29, 1.82) is 0 Å².